The molecule has 0 unspecified atom stereocenters. The van der Waals surface area contributed by atoms with Crippen LogP contribution in [0, 0.1) is 11.7 Å². The number of hydrogen-bond acceptors (Lipinski definition) is 6. The maximum atomic E-state index is 13.4. The fourth-order valence-corrected chi connectivity index (χ4v) is 3.67. The van der Waals surface area contributed by atoms with Gasteiger partial charge in [0.25, 0.3) is 5.56 Å². The van der Waals surface area contributed by atoms with Gasteiger partial charge < -0.3 is 9.84 Å². The molecule has 0 aliphatic heterocycles. The second-order valence-corrected chi connectivity index (χ2v) is 7.59. The molecule has 0 atom stereocenters. The summed E-state index contributed by atoms with van der Waals surface area (Å²) in [5.74, 6) is 0.328. The Bertz CT molecular complexity index is 1410. The van der Waals surface area contributed by atoms with Crippen molar-refractivity contribution < 1.29 is 9.84 Å². The third-order valence-electron chi connectivity index (χ3n) is 4.93. The summed E-state index contributed by atoms with van der Waals surface area (Å²) in [6, 6.07) is 23.4. The minimum atomic E-state index is -0.568. The van der Waals surface area contributed by atoms with E-state index in [4.69, 9.17) is 17.0 Å². The molecule has 8 heteroatoms. The molecular weight excluding hydrogens is 436 g/mol. The number of aryl methyl sites for hydroxylation is 1. The van der Waals surface area contributed by atoms with Gasteiger partial charge >= 0.3 is 0 Å². The maximum Gasteiger partial charge on any atom is 0.290 e. The number of nitrogens with zero attached hydrogens (tertiary/aromatic N) is 4. The third kappa shape index (κ3) is 4.61. The lowest BCUT2D eigenvalue weighted by molar-refractivity contribution is 0.340. The molecule has 1 N–H and O–H groups in total. The first kappa shape index (κ1) is 22.2. The van der Waals surface area contributed by atoms with Crippen LogP contribution in [0.2, 0.25) is 0 Å². The van der Waals surface area contributed by atoms with Crippen LogP contribution in [0.25, 0.3) is 11.4 Å². The lowest BCUT2D eigenvalue weighted by Crippen LogP contribution is -2.23. The maximum absolute atomic E-state index is 13.4. The van der Waals surface area contributed by atoms with Crippen LogP contribution in [-0.4, -0.2) is 20.8 Å². The van der Waals surface area contributed by atoms with E-state index in [2.05, 4.69) is 10.2 Å². The van der Waals surface area contributed by atoms with Crippen molar-refractivity contribution in [2.45, 2.75) is 13.8 Å². The zero-order chi connectivity index (χ0) is 23.4. The average Bonchev–Trinajstić information content (AvgIpc) is 2.82. The molecule has 0 amide bonds. The molecule has 0 fully saturated rings. The summed E-state index contributed by atoms with van der Waals surface area (Å²) >= 11 is 5.62. The van der Waals surface area contributed by atoms with Crippen molar-refractivity contribution in [3.63, 3.8) is 0 Å². The number of azo groups is 1. The van der Waals surface area contributed by atoms with E-state index in [1.807, 2.05) is 44.2 Å². The van der Waals surface area contributed by atoms with Gasteiger partial charge in [0, 0.05) is 0 Å². The molecule has 0 aliphatic rings. The first-order chi connectivity index (χ1) is 16.0. The third-order valence-corrected chi connectivity index (χ3v) is 5.30. The minimum Gasteiger partial charge on any atom is -0.494 e. The number of aromatic hydroxyl groups is 1. The van der Waals surface area contributed by atoms with Gasteiger partial charge in [-0.1, -0.05) is 35.9 Å². The zero-order valence-electron chi connectivity index (χ0n) is 18.2. The highest BCUT2D eigenvalue weighted by molar-refractivity contribution is 7.71. The Kier molecular flexibility index (Phi) is 6.46. The monoisotopic (exact) mass is 458 g/mol. The van der Waals surface area contributed by atoms with Crippen molar-refractivity contribution in [3.8, 4) is 23.0 Å². The number of para-hydroxylation sites is 1. The van der Waals surface area contributed by atoms with Crippen LogP contribution in [0.3, 0.4) is 0 Å². The molecule has 3 aromatic carbocycles. The van der Waals surface area contributed by atoms with Crippen LogP contribution in [-0.2, 0) is 0 Å². The predicted octanol–water partition coefficient (Wildman–Crippen LogP) is 6.19. The molecule has 4 rings (SSSR count). The highest BCUT2D eigenvalue weighted by Crippen LogP contribution is 2.29. The van der Waals surface area contributed by atoms with E-state index >= 15 is 0 Å². The van der Waals surface area contributed by atoms with Crippen LogP contribution in [0.15, 0.2) is 93.9 Å². The number of aromatic nitrogens is 2. The summed E-state index contributed by atoms with van der Waals surface area (Å²) in [4.78, 5) is 13.4. The van der Waals surface area contributed by atoms with Gasteiger partial charge in [-0.2, -0.15) is 5.11 Å². The van der Waals surface area contributed by atoms with Crippen LogP contribution >= 0.6 is 12.2 Å². The van der Waals surface area contributed by atoms with E-state index in [9.17, 15) is 9.90 Å². The Labute approximate surface area is 195 Å². The molecule has 0 saturated heterocycles. The van der Waals surface area contributed by atoms with Crippen LogP contribution in [0.1, 0.15) is 12.5 Å². The Hall–Kier alpha value is -4.04. The number of ether oxygens (including phenoxy) is 1. The molecule has 4 aromatic rings. The summed E-state index contributed by atoms with van der Waals surface area (Å²) < 4.78 is 8.30. The lowest BCUT2D eigenvalue weighted by Gasteiger charge is -2.16. The van der Waals surface area contributed by atoms with Gasteiger partial charge in [0.1, 0.15) is 5.75 Å². The summed E-state index contributed by atoms with van der Waals surface area (Å²) in [6.07, 6.45) is 0. The molecule has 1 heterocycles. The van der Waals surface area contributed by atoms with Gasteiger partial charge in [-0.3, -0.25) is 13.9 Å². The van der Waals surface area contributed by atoms with E-state index in [0.29, 0.717) is 29.4 Å². The van der Waals surface area contributed by atoms with Crippen molar-refractivity contribution in [1.82, 2.24) is 9.13 Å². The van der Waals surface area contributed by atoms with Gasteiger partial charge in [-0.15, -0.1) is 5.11 Å². The minimum absolute atomic E-state index is 0.118. The topological polar surface area (TPSA) is 81.1 Å². The fourth-order valence-electron chi connectivity index (χ4n) is 3.29. The smallest absolute Gasteiger partial charge is 0.290 e. The van der Waals surface area contributed by atoms with Crippen LogP contribution in [0.4, 0.5) is 11.4 Å². The van der Waals surface area contributed by atoms with Crippen molar-refractivity contribution in [2.75, 3.05) is 6.61 Å². The van der Waals surface area contributed by atoms with E-state index in [1.54, 1.807) is 48.5 Å². The standard InChI is InChI=1S/C25H22N4O3S/c1-3-32-21-15-11-18(12-16-21)26-27-22-23(30)28(19-7-5-4-6-8-19)25(33)29(24(22)31)20-13-9-17(2)10-14-20/h4-16,31H,3H2,1-2H3. The van der Waals surface area contributed by atoms with E-state index < -0.39 is 5.56 Å². The molecule has 33 heavy (non-hydrogen) atoms. The lowest BCUT2D eigenvalue weighted by atomic mass is 10.2. The molecule has 0 radical (unpaired) electrons. The fraction of sp³-hybridized carbons (Fsp3) is 0.120. The molecule has 1 aromatic heterocycles. The Morgan fingerprint density at radius 2 is 1.52 bits per heavy atom. The van der Waals surface area contributed by atoms with Gasteiger partial charge in [-0.05, 0) is 74.6 Å². The molecule has 0 aliphatic carbocycles. The molecule has 0 spiro atoms. The van der Waals surface area contributed by atoms with Crippen LogP contribution < -0.4 is 10.3 Å². The first-order valence-electron chi connectivity index (χ1n) is 10.4. The Morgan fingerprint density at radius 1 is 0.879 bits per heavy atom. The van der Waals surface area contributed by atoms with Gasteiger partial charge in [0.15, 0.2) is 4.77 Å². The van der Waals surface area contributed by atoms with Crippen molar-refractivity contribution in [2.24, 2.45) is 10.2 Å². The second kappa shape index (κ2) is 9.62. The summed E-state index contributed by atoms with van der Waals surface area (Å²) in [7, 11) is 0. The van der Waals surface area contributed by atoms with Crippen molar-refractivity contribution in [3.05, 3.63) is 99.6 Å². The van der Waals surface area contributed by atoms with Crippen molar-refractivity contribution in [1.29, 1.82) is 0 Å². The Morgan fingerprint density at radius 3 is 2.15 bits per heavy atom. The SMILES string of the molecule is CCOc1ccc(N=Nc2c(O)n(-c3ccc(C)cc3)c(=S)n(-c3ccccc3)c2=O)cc1. The number of hydrogen-bond donors (Lipinski definition) is 1. The molecule has 7 nitrogen and oxygen atoms in total. The highest BCUT2D eigenvalue weighted by atomic mass is 32.1. The van der Waals surface area contributed by atoms with E-state index in [0.717, 1.165) is 5.56 Å². The predicted molar refractivity (Wildman–Crippen MR) is 130 cm³/mol. The number of rotatable bonds is 6. The first-order valence-corrected chi connectivity index (χ1v) is 10.8. The Balaban J connectivity index is 1.90. The van der Waals surface area contributed by atoms with E-state index in [-0.39, 0.29) is 16.3 Å². The summed E-state index contributed by atoms with van der Waals surface area (Å²) in [6.45, 7) is 4.42. The molecule has 0 bridgehead atoms. The van der Waals surface area contributed by atoms with Gasteiger partial charge in [0.2, 0.25) is 11.6 Å². The zero-order valence-corrected chi connectivity index (χ0v) is 19.0. The second-order valence-electron chi connectivity index (χ2n) is 7.23. The largest absolute Gasteiger partial charge is 0.494 e. The van der Waals surface area contributed by atoms with Gasteiger partial charge in [0.05, 0.1) is 23.7 Å². The van der Waals surface area contributed by atoms with E-state index in [1.165, 1.54) is 9.13 Å². The average molecular weight is 459 g/mol. The molecule has 0 saturated carbocycles. The summed E-state index contributed by atoms with van der Waals surface area (Å²) in [5, 5.41) is 19.3. The summed E-state index contributed by atoms with van der Waals surface area (Å²) in [5.41, 5.74) is 1.93. The quantitative estimate of drug-likeness (QED) is 0.276. The molecular formula is C25H22N4O3S. The number of benzene rings is 3. The molecule has 166 valence electrons. The normalized spacial score (nSPS) is 11.1. The van der Waals surface area contributed by atoms with Gasteiger partial charge in [-0.25, -0.2) is 0 Å². The van der Waals surface area contributed by atoms with Crippen LogP contribution in [0.5, 0.6) is 11.6 Å². The highest BCUT2D eigenvalue weighted by Gasteiger charge is 2.19. The van der Waals surface area contributed by atoms with Crippen molar-refractivity contribution >= 4 is 23.6 Å².